The minimum absolute atomic E-state index is 0.234. The quantitative estimate of drug-likeness (QED) is 0.808. The van der Waals surface area contributed by atoms with Crippen LogP contribution in [0.25, 0.3) is 0 Å². The standard InChI is InChI=1S/C17H23NO2/c1-2-9-17(10-4-11-18-17)16(19)13-5-3-6-15(12-13)20-14-7-8-14/h3,5-6,12,14,18H,2,4,7-11H2,1H3. The maximum Gasteiger partial charge on any atom is 0.182 e. The lowest BCUT2D eigenvalue weighted by Crippen LogP contribution is -2.47. The number of benzene rings is 1. The third-order valence-electron chi connectivity index (χ3n) is 4.28. The van der Waals surface area contributed by atoms with Gasteiger partial charge in [0, 0.05) is 5.56 Å². The minimum Gasteiger partial charge on any atom is -0.490 e. The first-order chi connectivity index (χ1) is 9.73. The van der Waals surface area contributed by atoms with Crippen LogP contribution in [0, 0.1) is 0 Å². The van der Waals surface area contributed by atoms with E-state index in [4.69, 9.17) is 4.74 Å². The lowest BCUT2D eigenvalue weighted by atomic mass is 9.84. The number of hydrogen-bond acceptors (Lipinski definition) is 3. The monoisotopic (exact) mass is 273 g/mol. The highest BCUT2D eigenvalue weighted by Crippen LogP contribution is 2.31. The van der Waals surface area contributed by atoms with Crippen molar-refractivity contribution in [2.45, 2.75) is 57.1 Å². The lowest BCUT2D eigenvalue weighted by Gasteiger charge is -2.27. The van der Waals surface area contributed by atoms with E-state index in [0.29, 0.717) is 6.10 Å². The second kappa shape index (κ2) is 5.57. The molecule has 1 aromatic carbocycles. The molecule has 20 heavy (non-hydrogen) atoms. The highest BCUT2D eigenvalue weighted by atomic mass is 16.5. The van der Waals surface area contributed by atoms with Gasteiger partial charge in [0.15, 0.2) is 5.78 Å². The summed E-state index contributed by atoms with van der Waals surface area (Å²) >= 11 is 0. The van der Waals surface area contributed by atoms with Gasteiger partial charge in [0.2, 0.25) is 0 Å². The van der Waals surface area contributed by atoms with Gasteiger partial charge in [-0.05, 0) is 50.8 Å². The van der Waals surface area contributed by atoms with Gasteiger partial charge in [0.25, 0.3) is 0 Å². The van der Waals surface area contributed by atoms with E-state index in [1.54, 1.807) is 0 Å². The second-order valence-electron chi connectivity index (χ2n) is 6.04. The molecule has 1 N–H and O–H groups in total. The molecule has 3 rings (SSSR count). The molecular weight excluding hydrogens is 250 g/mol. The van der Waals surface area contributed by atoms with Crippen molar-refractivity contribution in [2.24, 2.45) is 0 Å². The zero-order chi connectivity index (χ0) is 14.0. The van der Waals surface area contributed by atoms with E-state index in [-0.39, 0.29) is 11.3 Å². The van der Waals surface area contributed by atoms with Crippen LogP contribution in [0.3, 0.4) is 0 Å². The average molecular weight is 273 g/mol. The molecule has 1 aliphatic carbocycles. The number of ether oxygens (including phenoxy) is 1. The minimum atomic E-state index is -0.340. The van der Waals surface area contributed by atoms with E-state index in [9.17, 15) is 4.79 Å². The Balaban J connectivity index is 1.81. The highest BCUT2D eigenvalue weighted by molar-refractivity contribution is 6.03. The normalized spacial score (nSPS) is 25.6. The summed E-state index contributed by atoms with van der Waals surface area (Å²) < 4.78 is 5.80. The van der Waals surface area contributed by atoms with Crippen LogP contribution in [0.5, 0.6) is 5.75 Å². The number of nitrogens with one attached hydrogen (secondary N) is 1. The number of carbonyl (C=O) groups excluding carboxylic acids is 1. The Labute approximate surface area is 120 Å². The highest BCUT2D eigenvalue weighted by Gasteiger charge is 2.40. The van der Waals surface area contributed by atoms with Crippen molar-refractivity contribution in [1.82, 2.24) is 5.32 Å². The molecule has 1 aliphatic heterocycles. The van der Waals surface area contributed by atoms with E-state index < -0.39 is 0 Å². The Hall–Kier alpha value is -1.35. The fraction of sp³-hybridized carbons (Fsp3) is 0.588. The number of rotatable bonds is 6. The summed E-state index contributed by atoms with van der Waals surface area (Å²) in [5.41, 5.74) is 0.443. The molecule has 1 heterocycles. The van der Waals surface area contributed by atoms with Gasteiger partial charge in [0.05, 0.1) is 11.6 Å². The van der Waals surface area contributed by atoms with Gasteiger partial charge in [-0.3, -0.25) is 4.79 Å². The van der Waals surface area contributed by atoms with Gasteiger partial charge in [-0.25, -0.2) is 0 Å². The summed E-state index contributed by atoms with van der Waals surface area (Å²) in [6.07, 6.45) is 6.63. The van der Waals surface area contributed by atoms with Crippen LogP contribution >= 0.6 is 0 Å². The third-order valence-corrected chi connectivity index (χ3v) is 4.28. The summed E-state index contributed by atoms with van der Waals surface area (Å²) in [5, 5.41) is 3.45. The van der Waals surface area contributed by atoms with E-state index in [0.717, 1.165) is 56.4 Å². The Morgan fingerprint density at radius 2 is 2.30 bits per heavy atom. The average Bonchev–Trinajstić information content (AvgIpc) is 3.14. The zero-order valence-electron chi connectivity index (χ0n) is 12.2. The smallest absolute Gasteiger partial charge is 0.182 e. The summed E-state index contributed by atoms with van der Waals surface area (Å²) in [5.74, 6) is 1.07. The Bertz CT molecular complexity index is 488. The van der Waals surface area contributed by atoms with E-state index in [2.05, 4.69) is 12.2 Å². The second-order valence-corrected chi connectivity index (χ2v) is 6.04. The maximum atomic E-state index is 12.9. The summed E-state index contributed by atoms with van der Waals surface area (Å²) in [6, 6.07) is 7.71. The predicted octanol–water partition coefficient (Wildman–Crippen LogP) is 3.33. The molecule has 3 nitrogen and oxygen atoms in total. The summed E-state index contributed by atoms with van der Waals surface area (Å²) in [6.45, 7) is 3.09. The first-order valence-electron chi connectivity index (χ1n) is 7.80. The van der Waals surface area contributed by atoms with Crippen LogP contribution in [0.2, 0.25) is 0 Å². The Kier molecular flexibility index (Phi) is 3.79. The molecule has 0 radical (unpaired) electrons. The predicted molar refractivity (Wildman–Crippen MR) is 79.3 cm³/mol. The van der Waals surface area contributed by atoms with Gasteiger partial charge in [-0.15, -0.1) is 0 Å². The van der Waals surface area contributed by atoms with Gasteiger partial charge < -0.3 is 10.1 Å². The summed E-state index contributed by atoms with van der Waals surface area (Å²) in [7, 11) is 0. The zero-order valence-corrected chi connectivity index (χ0v) is 12.2. The topological polar surface area (TPSA) is 38.3 Å². The summed E-state index contributed by atoms with van der Waals surface area (Å²) in [4.78, 5) is 12.9. The van der Waals surface area contributed by atoms with Gasteiger partial charge in [-0.2, -0.15) is 0 Å². The largest absolute Gasteiger partial charge is 0.490 e. The molecule has 0 bridgehead atoms. The van der Waals surface area contributed by atoms with Crippen molar-refractivity contribution in [1.29, 1.82) is 0 Å². The number of carbonyl (C=O) groups is 1. The van der Waals surface area contributed by atoms with Crippen LogP contribution in [-0.4, -0.2) is 24.0 Å². The molecule has 1 unspecified atom stereocenters. The van der Waals surface area contributed by atoms with E-state index >= 15 is 0 Å². The van der Waals surface area contributed by atoms with Crippen LogP contribution < -0.4 is 10.1 Å². The molecule has 1 atom stereocenters. The van der Waals surface area contributed by atoms with Crippen molar-refractivity contribution in [2.75, 3.05) is 6.54 Å². The number of ketones is 1. The molecular formula is C17H23NO2. The fourth-order valence-corrected chi connectivity index (χ4v) is 3.12. The van der Waals surface area contributed by atoms with Crippen LogP contribution in [-0.2, 0) is 0 Å². The van der Waals surface area contributed by atoms with Gasteiger partial charge >= 0.3 is 0 Å². The van der Waals surface area contributed by atoms with Crippen molar-refractivity contribution in [3.8, 4) is 5.75 Å². The molecule has 1 aromatic rings. The first kappa shape index (κ1) is 13.6. The third kappa shape index (κ3) is 2.73. The molecule has 2 aliphatic rings. The van der Waals surface area contributed by atoms with Crippen LogP contribution in [0.1, 0.15) is 55.8 Å². The number of Topliss-reactive ketones (excluding diaryl/α,β-unsaturated/α-hetero) is 1. The lowest BCUT2D eigenvalue weighted by molar-refractivity contribution is 0.0857. The molecule has 0 aromatic heterocycles. The number of hydrogen-bond donors (Lipinski definition) is 1. The molecule has 3 heteroatoms. The maximum absolute atomic E-state index is 12.9. The van der Waals surface area contributed by atoms with Crippen molar-refractivity contribution in [3.05, 3.63) is 29.8 Å². The van der Waals surface area contributed by atoms with Crippen molar-refractivity contribution in [3.63, 3.8) is 0 Å². The molecule has 108 valence electrons. The van der Waals surface area contributed by atoms with E-state index in [1.165, 1.54) is 0 Å². The molecule has 0 amide bonds. The fourth-order valence-electron chi connectivity index (χ4n) is 3.12. The van der Waals surface area contributed by atoms with Crippen molar-refractivity contribution >= 4 is 5.78 Å². The van der Waals surface area contributed by atoms with Crippen LogP contribution in [0.15, 0.2) is 24.3 Å². The van der Waals surface area contributed by atoms with Gasteiger partial charge in [0.1, 0.15) is 5.75 Å². The molecule has 1 saturated heterocycles. The molecule has 2 fully saturated rings. The molecule has 1 saturated carbocycles. The Morgan fingerprint density at radius 1 is 1.45 bits per heavy atom. The Morgan fingerprint density at radius 3 is 2.95 bits per heavy atom. The first-order valence-corrected chi connectivity index (χ1v) is 7.80. The van der Waals surface area contributed by atoms with Crippen molar-refractivity contribution < 1.29 is 9.53 Å². The van der Waals surface area contributed by atoms with Crippen LogP contribution in [0.4, 0.5) is 0 Å². The SMILES string of the molecule is CCCC1(C(=O)c2cccc(OC3CC3)c2)CCCN1. The molecule has 0 spiro atoms. The van der Waals surface area contributed by atoms with Gasteiger partial charge in [-0.1, -0.05) is 25.5 Å². The van der Waals surface area contributed by atoms with E-state index in [1.807, 2.05) is 24.3 Å².